The largest absolute Gasteiger partial charge is 0.392 e. The fourth-order valence-electron chi connectivity index (χ4n) is 2.57. The van der Waals surface area contributed by atoms with Gasteiger partial charge in [-0.15, -0.1) is 0 Å². The van der Waals surface area contributed by atoms with E-state index in [-0.39, 0.29) is 22.2 Å². The third-order valence-corrected chi connectivity index (χ3v) is 4.59. The van der Waals surface area contributed by atoms with Crippen LogP contribution in [0.3, 0.4) is 0 Å². The van der Waals surface area contributed by atoms with Gasteiger partial charge in [-0.25, -0.2) is 0 Å². The van der Waals surface area contributed by atoms with E-state index >= 15 is 0 Å². The van der Waals surface area contributed by atoms with E-state index < -0.39 is 0 Å². The summed E-state index contributed by atoms with van der Waals surface area (Å²) in [7, 11) is 2.06. The Kier molecular flexibility index (Phi) is 5.05. The lowest BCUT2D eigenvalue weighted by Gasteiger charge is -2.35. The summed E-state index contributed by atoms with van der Waals surface area (Å²) in [5.74, 6) is 0.286. The van der Waals surface area contributed by atoms with Crippen molar-refractivity contribution >= 4 is 15.9 Å². The Balaban J connectivity index is 2.42. The lowest BCUT2D eigenvalue weighted by molar-refractivity contribution is -0.423. The van der Waals surface area contributed by atoms with Crippen molar-refractivity contribution in [3.63, 3.8) is 0 Å². The van der Waals surface area contributed by atoms with E-state index in [4.69, 9.17) is 5.73 Å². The lowest BCUT2D eigenvalue weighted by Crippen LogP contribution is -2.44. The van der Waals surface area contributed by atoms with Crippen LogP contribution in [0.25, 0.3) is 0 Å². The van der Waals surface area contributed by atoms with E-state index in [0.29, 0.717) is 10.2 Å². The van der Waals surface area contributed by atoms with Crippen LogP contribution in [-0.2, 0) is 0 Å². The molecule has 0 bridgehead atoms. The van der Waals surface area contributed by atoms with Gasteiger partial charge < -0.3 is 15.5 Å². The molecule has 0 aromatic heterocycles. The maximum absolute atomic E-state index is 11.5. The van der Waals surface area contributed by atoms with E-state index in [0.717, 1.165) is 32.6 Å². The number of piperazine rings is 1. The van der Waals surface area contributed by atoms with E-state index in [1.807, 2.05) is 12.2 Å². The molecule has 0 radical (unpaired) electrons. The minimum Gasteiger partial charge on any atom is -0.392 e. The van der Waals surface area contributed by atoms with Crippen molar-refractivity contribution in [3.05, 3.63) is 43.8 Å². The zero-order valence-electron chi connectivity index (χ0n) is 12.4. The Bertz CT molecular complexity index is 519. The number of halogens is 1. The Morgan fingerprint density at radius 1 is 1.38 bits per heavy atom. The first-order valence-corrected chi connectivity index (χ1v) is 7.85. The maximum Gasteiger partial charge on any atom is 0.315 e. The number of rotatable bonds is 2. The van der Waals surface area contributed by atoms with Crippen molar-refractivity contribution < 1.29 is 4.92 Å². The third kappa shape index (κ3) is 3.65. The van der Waals surface area contributed by atoms with Crippen LogP contribution in [0.1, 0.15) is 13.3 Å². The number of nitro groups is 1. The highest BCUT2D eigenvalue weighted by Gasteiger charge is 2.30. The molecule has 0 spiro atoms. The number of nitrogens with two attached hydrogens (primary N) is 1. The van der Waals surface area contributed by atoms with E-state index in [9.17, 15) is 10.1 Å². The molecule has 1 saturated heterocycles. The van der Waals surface area contributed by atoms with Crippen LogP contribution in [0, 0.1) is 16.0 Å². The third-order valence-electron chi connectivity index (χ3n) is 3.90. The van der Waals surface area contributed by atoms with Gasteiger partial charge >= 0.3 is 5.70 Å². The molecule has 1 heterocycles. The van der Waals surface area contributed by atoms with Crippen molar-refractivity contribution in [2.75, 3.05) is 33.2 Å². The number of nitrogens with zero attached hydrogens (tertiary/aromatic N) is 3. The smallest absolute Gasteiger partial charge is 0.315 e. The minimum atomic E-state index is -0.370. The van der Waals surface area contributed by atoms with Gasteiger partial charge in [0.2, 0.25) is 0 Å². The van der Waals surface area contributed by atoms with Gasteiger partial charge in [0.25, 0.3) is 0 Å². The molecule has 21 heavy (non-hydrogen) atoms. The van der Waals surface area contributed by atoms with Gasteiger partial charge in [-0.2, -0.15) is 0 Å². The first-order chi connectivity index (χ1) is 9.90. The van der Waals surface area contributed by atoms with E-state index in [1.54, 1.807) is 0 Å². The SMILES string of the molecule is CC1C=C(Br)C(N)=C([N+](=O)[O-])C(N2CCN(C)CC2)=CC1. The van der Waals surface area contributed by atoms with Gasteiger partial charge in [0, 0.05) is 30.7 Å². The topological polar surface area (TPSA) is 75.6 Å². The molecule has 0 aromatic rings. The summed E-state index contributed by atoms with van der Waals surface area (Å²) in [6.45, 7) is 5.43. The maximum atomic E-state index is 11.5. The van der Waals surface area contributed by atoms with Crippen molar-refractivity contribution in [2.24, 2.45) is 11.7 Å². The summed E-state index contributed by atoms with van der Waals surface area (Å²) in [5, 5.41) is 11.5. The normalized spacial score (nSPS) is 25.1. The van der Waals surface area contributed by atoms with Gasteiger partial charge in [0.05, 0.1) is 4.92 Å². The Labute approximate surface area is 133 Å². The average molecular weight is 357 g/mol. The molecule has 0 amide bonds. The van der Waals surface area contributed by atoms with Gasteiger partial charge in [0.15, 0.2) is 0 Å². The van der Waals surface area contributed by atoms with Crippen LogP contribution in [0.15, 0.2) is 33.7 Å². The van der Waals surface area contributed by atoms with Crippen LogP contribution in [0.4, 0.5) is 0 Å². The molecule has 2 aliphatic rings. The first-order valence-electron chi connectivity index (χ1n) is 7.06. The van der Waals surface area contributed by atoms with Crippen LogP contribution >= 0.6 is 15.9 Å². The Morgan fingerprint density at radius 2 is 2.00 bits per heavy atom. The molecular weight excluding hydrogens is 336 g/mol. The summed E-state index contributed by atoms with van der Waals surface area (Å²) in [6.07, 6.45) is 4.65. The molecule has 116 valence electrons. The highest BCUT2D eigenvalue weighted by atomic mass is 79.9. The van der Waals surface area contributed by atoms with Crippen molar-refractivity contribution in [1.29, 1.82) is 0 Å². The van der Waals surface area contributed by atoms with E-state index in [2.05, 4.69) is 39.7 Å². The van der Waals surface area contributed by atoms with Crippen molar-refractivity contribution in [2.45, 2.75) is 13.3 Å². The predicted molar refractivity (Wildman–Crippen MR) is 86.2 cm³/mol. The summed E-state index contributed by atoms with van der Waals surface area (Å²) < 4.78 is 0.612. The van der Waals surface area contributed by atoms with Gasteiger partial charge in [-0.1, -0.05) is 19.1 Å². The summed E-state index contributed by atoms with van der Waals surface area (Å²) in [4.78, 5) is 15.4. The average Bonchev–Trinajstić information content (AvgIpc) is 2.42. The summed E-state index contributed by atoms with van der Waals surface area (Å²) in [5.41, 5.74) is 6.89. The van der Waals surface area contributed by atoms with Crippen LogP contribution in [0.2, 0.25) is 0 Å². The van der Waals surface area contributed by atoms with Crippen LogP contribution in [-0.4, -0.2) is 47.9 Å². The monoisotopic (exact) mass is 356 g/mol. The zero-order chi connectivity index (χ0) is 15.6. The molecule has 1 aliphatic carbocycles. The molecule has 1 unspecified atom stereocenters. The number of hydrogen-bond donors (Lipinski definition) is 1. The molecule has 7 heteroatoms. The standard InChI is InChI=1S/C14H21BrN4O2/c1-10-3-4-12(18-7-5-17(2)6-8-18)14(19(20)21)13(16)11(15)9-10/h4,9-10H,3,5-8,16H2,1-2H3. The lowest BCUT2D eigenvalue weighted by atomic mass is 10.0. The summed E-state index contributed by atoms with van der Waals surface area (Å²) in [6, 6.07) is 0. The van der Waals surface area contributed by atoms with Gasteiger partial charge in [-0.3, -0.25) is 10.1 Å². The van der Waals surface area contributed by atoms with Crippen LogP contribution < -0.4 is 5.73 Å². The quantitative estimate of drug-likeness (QED) is 0.603. The Hall–Kier alpha value is -1.34. The first kappa shape index (κ1) is 16.0. The second kappa shape index (κ2) is 6.62. The highest BCUT2D eigenvalue weighted by molar-refractivity contribution is 9.12. The molecule has 1 aliphatic heterocycles. The van der Waals surface area contributed by atoms with Crippen molar-refractivity contribution in [3.8, 4) is 0 Å². The predicted octanol–water partition coefficient (Wildman–Crippen LogP) is 1.88. The molecule has 1 atom stereocenters. The number of hydrogen-bond acceptors (Lipinski definition) is 5. The molecule has 2 rings (SSSR count). The molecule has 1 fully saturated rings. The molecule has 0 aromatic carbocycles. The van der Waals surface area contributed by atoms with E-state index in [1.165, 1.54) is 0 Å². The minimum absolute atomic E-state index is 0.00887. The van der Waals surface area contributed by atoms with Gasteiger partial charge in [0.1, 0.15) is 11.4 Å². The fraction of sp³-hybridized carbons (Fsp3) is 0.571. The Morgan fingerprint density at radius 3 is 2.57 bits per heavy atom. The number of allylic oxidation sites excluding steroid dienone is 3. The molecule has 6 nitrogen and oxygen atoms in total. The van der Waals surface area contributed by atoms with Crippen LogP contribution in [0.5, 0.6) is 0 Å². The second-order valence-electron chi connectivity index (χ2n) is 5.63. The molecular formula is C14H21BrN4O2. The zero-order valence-corrected chi connectivity index (χ0v) is 14.0. The fourth-order valence-corrected chi connectivity index (χ4v) is 3.21. The number of likely N-dealkylation sites (N-methyl/N-ethyl adjacent to an activating group) is 1. The molecule has 0 saturated carbocycles. The second-order valence-corrected chi connectivity index (χ2v) is 6.48. The summed E-state index contributed by atoms with van der Waals surface area (Å²) >= 11 is 3.37. The van der Waals surface area contributed by atoms with Crippen molar-refractivity contribution in [1.82, 2.24) is 9.80 Å². The molecule has 2 N–H and O–H groups in total. The van der Waals surface area contributed by atoms with Gasteiger partial charge in [-0.05, 0) is 35.3 Å². The highest BCUT2D eigenvalue weighted by Crippen LogP contribution is 2.29.